The average molecular weight is 369 g/mol. The Bertz CT molecular complexity index is 886. The fourth-order valence-corrected chi connectivity index (χ4v) is 4.76. The van der Waals surface area contributed by atoms with Crippen molar-refractivity contribution < 1.29 is 4.79 Å². The number of aromatic nitrogens is 2. The number of rotatable bonds is 5. The van der Waals surface area contributed by atoms with Crippen LogP contribution in [0.1, 0.15) is 35.9 Å². The molecule has 1 saturated heterocycles. The molecule has 0 unspecified atom stereocenters. The highest BCUT2D eigenvalue weighted by atomic mass is 32.1. The summed E-state index contributed by atoms with van der Waals surface area (Å²) in [6, 6.07) is 8.50. The lowest BCUT2D eigenvalue weighted by Crippen LogP contribution is -2.42. The van der Waals surface area contributed by atoms with Crippen molar-refractivity contribution >= 4 is 27.5 Å². The molecule has 0 radical (unpaired) electrons. The number of piperidine rings is 1. The number of hydrogen-bond acceptors (Lipinski definition) is 4. The fraction of sp³-hybridized carbons (Fsp3) is 0.400. The number of nitrogens with zero attached hydrogens (tertiary/aromatic N) is 3. The molecule has 0 aromatic carbocycles. The van der Waals surface area contributed by atoms with Crippen LogP contribution >= 0.6 is 11.3 Å². The molecular formula is C20H24N4OS. The zero-order chi connectivity index (χ0) is 17.9. The zero-order valence-corrected chi connectivity index (χ0v) is 15.8. The van der Waals surface area contributed by atoms with Crippen molar-refractivity contribution in [3.8, 4) is 5.69 Å². The van der Waals surface area contributed by atoms with Crippen LogP contribution in [0, 0.1) is 0 Å². The molecule has 5 nitrogen and oxygen atoms in total. The van der Waals surface area contributed by atoms with Gasteiger partial charge in [0.15, 0.2) is 0 Å². The molecule has 6 heteroatoms. The number of thiophene rings is 1. The van der Waals surface area contributed by atoms with Crippen LogP contribution in [-0.2, 0) is 0 Å². The standard InChI is InChI=1S/C20H24N4OS/c1-15-7-2-3-11-23(15)14-10-21-19(25)18-17(24-12-4-5-13-24)16-8-6-9-22-20(16)26-18/h4-6,8-9,12-13,15H,2-3,7,10-11,14H2,1H3,(H,21,25)/t15-/m0/s1. The Balaban J connectivity index is 1.52. The van der Waals surface area contributed by atoms with E-state index in [1.54, 1.807) is 6.20 Å². The van der Waals surface area contributed by atoms with Crippen LogP contribution in [-0.4, -0.2) is 46.0 Å². The third-order valence-corrected chi connectivity index (χ3v) is 6.24. The van der Waals surface area contributed by atoms with Gasteiger partial charge in [-0.3, -0.25) is 9.69 Å². The van der Waals surface area contributed by atoms with Gasteiger partial charge in [-0.2, -0.15) is 0 Å². The monoisotopic (exact) mass is 368 g/mol. The number of hydrogen-bond donors (Lipinski definition) is 1. The molecular weight excluding hydrogens is 344 g/mol. The molecule has 0 aliphatic carbocycles. The van der Waals surface area contributed by atoms with Gasteiger partial charge < -0.3 is 9.88 Å². The zero-order valence-electron chi connectivity index (χ0n) is 15.0. The van der Waals surface area contributed by atoms with Crippen molar-refractivity contribution in [2.45, 2.75) is 32.2 Å². The van der Waals surface area contributed by atoms with Crippen LogP contribution in [0.25, 0.3) is 15.9 Å². The summed E-state index contributed by atoms with van der Waals surface area (Å²) in [5, 5.41) is 4.14. The van der Waals surface area contributed by atoms with Gasteiger partial charge in [0.2, 0.25) is 0 Å². The number of nitrogens with one attached hydrogen (secondary N) is 1. The summed E-state index contributed by atoms with van der Waals surface area (Å²) in [5.74, 6) is -0.0126. The average Bonchev–Trinajstić information content (AvgIpc) is 3.30. The number of pyridine rings is 1. The smallest absolute Gasteiger partial charge is 0.263 e. The SMILES string of the molecule is C[C@H]1CCCCN1CCNC(=O)c1sc2ncccc2c1-n1cccc1. The Morgan fingerprint density at radius 2 is 2.15 bits per heavy atom. The van der Waals surface area contributed by atoms with Crippen molar-refractivity contribution in [1.29, 1.82) is 0 Å². The van der Waals surface area contributed by atoms with E-state index in [1.807, 2.05) is 41.2 Å². The highest BCUT2D eigenvalue weighted by Gasteiger charge is 2.21. The van der Waals surface area contributed by atoms with E-state index in [2.05, 4.69) is 22.1 Å². The van der Waals surface area contributed by atoms with E-state index < -0.39 is 0 Å². The number of carbonyl (C=O) groups excluding carboxylic acids is 1. The van der Waals surface area contributed by atoms with Crippen LogP contribution in [0.15, 0.2) is 42.9 Å². The molecule has 0 bridgehead atoms. The molecule has 1 fully saturated rings. The summed E-state index contributed by atoms with van der Waals surface area (Å²) >= 11 is 1.46. The first-order chi connectivity index (χ1) is 12.7. The molecule has 1 aliphatic heterocycles. The molecule has 4 heterocycles. The van der Waals surface area contributed by atoms with Crippen LogP contribution in [0.5, 0.6) is 0 Å². The minimum Gasteiger partial charge on any atom is -0.350 e. The Kier molecular flexibility index (Phi) is 5.04. The number of carbonyl (C=O) groups is 1. The van der Waals surface area contributed by atoms with Gasteiger partial charge >= 0.3 is 0 Å². The predicted molar refractivity (Wildman–Crippen MR) is 106 cm³/mol. The molecule has 26 heavy (non-hydrogen) atoms. The number of fused-ring (bicyclic) bond motifs is 1. The Hall–Kier alpha value is -2.18. The second-order valence-electron chi connectivity index (χ2n) is 6.86. The third-order valence-electron chi connectivity index (χ3n) is 5.13. The number of amides is 1. The van der Waals surface area contributed by atoms with Gasteiger partial charge in [0.05, 0.1) is 5.69 Å². The molecule has 0 spiro atoms. The lowest BCUT2D eigenvalue weighted by Gasteiger charge is -2.33. The number of likely N-dealkylation sites (tertiary alicyclic amines) is 1. The normalized spacial score (nSPS) is 18.3. The Morgan fingerprint density at radius 3 is 2.96 bits per heavy atom. The van der Waals surface area contributed by atoms with E-state index in [-0.39, 0.29) is 5.91 Å². The summed E-state index contributed by atoms with van der Waals surface area (Å²) in [4.78, 5) is 21.4. The minimum atomic E-state index is -0.0126. The molecule has 1 aliphatic rings. The minimum absolute atomic E-state index is 0.0126. The summed E-state index contributed by atoms with van der Waals surface area (Å²) in [5.41, 5.74) is 0.923. The van der Waals surface area contributed by atoms with Gasteiger partial charge in [-0.25, -0.2) is 4.98 Å². The maximum atomic E-state index is 12.9. The molecule has 0 saturated carbocycles. The Labute approximate surface area is 157 Å². The largest absolute Gasteiger partial charge is 0.350 e. The molecule has 1 atom stereocenters. The topological polar surface area (TPSA) is 50.2 Å². The van der Waals surface area contributed by atoms with Crippen LogP contribution in [0.4, 0.5) is 0 Å². The van der Waals surface area contributed by atoms with Gasteiger partial charge in [-0.05, 0) is 50.6 Å². The molecule has 4 rings (SSSR count). The van der Waals surface area contributed by atoms with Gasteiger partial charge in [0.25, 0.3) is 5.91 Å². The van der Waals surface area contributed by atoms with Crippen molar-refractivity contribution in [1.82, 2.24) is 19.8 Å². The van der Waals surface area contributed by atoms with Gasteiger partial charge in [-0.15, -0.1) is 11.3 Å². The first kappa shape index (κ1) is 17.2. The highest BCUT2D eigenvalue weighted by molar-refractivity contribution is 7.21. The van der Waals surface area contributed by atoms with E-state index in [9.17, 15) is 4.79 Å². The second-order valence-corrected chi connectivity index (χ2v) is 7.86. The van der Waals surface area contributed by atoms with Crippen molar-refractivity contribution in [3.05, 3.63) is 47.7 Å². The first-order valence-electron chi connectivity index (χ1n) is 9.27. The maximum absolute atomic E-state index is 12.9. The molecule has 1 N–H and O–H groups in total. The van der Waals surface area contributed by atoms with Crippen molar-refractivity contribution in [3.63, 3.8) is 0 Å². The maximum Gasteiger partial charge on any atom is 0.263 e. The first-order valence-corrected chi connectivity index (χ1v) is 10.1. The van der Waals surface area contributed by atoms with Gasteiger partial charge in [0, 0.05) is 43.1 Å². The highest BCUT2D eigenvalue weighted by Crippen LogP contribution is 2.32. The van der Waals surface area contributed by atoms with E-state index in [0.29, 0.717) is 12.6 Å². The lowest BCUT2D eigenvalue weighted by atomic mass is 10.0. The Morgan fingerprint density at radius 1 is 1.31 bits per heavy atom. The lowest BCUT2D eigenvalue weighted by molar-refractivity contribution is 0.0942. The van der Waals surface area contributed by atoms with Crippen LogP contribution in [0.3, 0.4) is 0 Å². The third kappa shape index (κ3) is 3.39. The predicted octanol–water partition coefficient (Wildman–Crippen LogP) is 3.69. The quantitative estimate of drug-likeness (QED) is 0.747. The summed E-state index contributed by atoms with van der Waals surface area (Å²) < 4.78 is 2.00. The van der Waals surface area contributed by atoms with E-state index >= 15 is 0 Å². The second kappa shape index (κ2) is 7.60. The molecule has 1 amide bonds. The summed E-state index contributed by atoms with van der Waals surface area (Å²) in [7, 11) is 0. The fourth-order valence-electron chi connectivity index (χ4n) is 3.70. The van der Waals surface area contributed by atoms with E-state index in [1.165, 1.54) is 30.6 Å². The van der Waals surface area contributed by atoms with Crippen LogP contribution in [0.2, 0.25) is 0 Å². The van der Waals surface area contributed by atoms with E-state index in [4.69, 9.17) is 0 Å². The summed E-state index contributed by atoms with van der Waals surface area (Å²) in [6.07, 6.45) is 9.56. The van der Waals surface area contributed by atoms with Crippen LogP contribution < -0.4 is 5.32 Å². The molecule has 136 valence electrons. The van der Waals surface area contributed by atoms with Gasteiger partial charge in [-0.1, -0.05) is 6.42 Å². The molecule has 3 aromatic rings. The van der Waals surface area contributed by atoms with Crippen molar-refractivity contribution in [2.24, 2.45) is 0 Å². The van der Waals surface area contributed by atoms with Gasteiger partial charge in [0.1, 0.15) is 9.71 Å². The van der Waals surface area contributed by atoms with Crippen molar-refractivity contribution in [2.75, 3.05) is 19.6 Å². The van der Waals surface area contributed by atoms with E-state index in [0.717, 1.165) is 33.9 Å². The summed E-state index contributed by atoms with van der Waals surface area (Å²) in [6.45, 7) is 5.01. The molecule has 3 aromatic heterocycles.